The summed E-state index contributed by atoms with van der Waals surface area (Å²) >= 11 is 0. The molecule has 2 atom stereocenters. The summed E-state index contributed by atoms with van der Waals surface area (Å²) in [5, 5.41) is 12.0. The number of hydrogen-bond donors (Lipinski definition) is 1. The molecule has 1 aliphatic carbocycles. The lowest BCUT2D eigenvalue weighted by Crippen LogP contribution is -2.58. The molecule has 1 aliphatic heterocycles. The molecule has 2 bridgehead atoms. The molecular formula is C25H28FN3O. The summed E-state index contributed by atoms with van der Waals surface area (Å²) in [5.41, 5.74) is 1.43. The molecule has 0 radical (unpaired) electrons. The molecule has 1 aromatic heterocycles. The second-order valence-electron chi connectivity index (χ2n) is 8.83. The van der Waals surface area contributed by atoms with Crippen molar-refractivity contribution < 1.29 is 9.50 Å². The Morgan fingerprint density at radius 1 is 0.933 bits per heavy atom. The van der Waals surface area contributed by atoms with Crippen molar-refractivity contribution in [3.8, 4) is 0 Å². The van der Waals surface area contributed by atoms with E-state index in [1.807, 2.05) is 42.7 Å². The first-order chi connectivity index (χ1) is 14.6. The number of hydrogen-bond acceptors (Lipinski definition) is 3. The van der Waals surface area contributed by atoms with Crippen molar-refractivity contribution in [2.75, 3.05) is 13.1 Å². The molecule has 2 heterocycles. The van der Waals surface area contributed by atoms with E-state index in [4.69, 9.17) is 0 Å². The fourth-order valence-electron chi connectivity index (χ4n) is 5.46. The molecule has 1 N–H and O–H groups in total. The summed E-state index contributed by atoms with van der Waals surface area (Å²) in [6.07, 6.45) is 6.97. The summed E-state index contributed by atoms with van der Waals surface area (Å²) in [4.78, 5) is 7.08. The smallest absolute Gasteiger partial charge is 0.141 e. The topological polar surface area (TPSA) is 41.3 Å². The fourth-order valence-corrected chi connectivity index (χ4v) is 5.46. The number of imidazole rings is 1. The number of fused-ring (bicyclic) bond motifs is 2. The van der Waals surface area contributed by atoms with Gasteiger partial charge in [-0.2, -0.15) is 0 Å². The van der Waals surface area contributed by atoms with Crippen LogP contribution in [0.4, 0.5) is 4.39 Å². The van der Waals surface area contributed by atoms with Crippen molar-refractivity contribution in [2.45, 2.75) is 38.0 Å². The maximum absolute atomic E-state index is 13.2. The third-order valence-electron chi connectivity index (χ3n) is 6.90. The monoisotopic (exact) mass is 405 g/mol. The van der Waals surface area contributed by atoms with E-state index >= 15 is 0 Å². The van der Waals surface area contributed by atoms with Crippen LogP contribution < -0.4 is 0 Å². The summed E-state index contributed by atoms with van der Waals surface area (Å²) in [7, 11) is 0. The van der Waals surface area contributed by atoms with Crippen LogP contribution in [0.2, 0.25) is 0 Å². The first-order valence-corrected chi connectivity index (χ1v) is 10.9. The van der Waals surface area contributed by atoms with Crippen LogP contribution in [-0.2, 0) is 18.7 Å². The number of nitrogens with zero attached hydrogens (tertiary/aromatic N) is 3. The van der Waals surface area contributed by atoms with Gasteiger partial charge < -0.3 is 9.67 Å². The lowest BCUT2D eigenvalue weighted by Gasteiger charge is -2.52. The first kappa shape index (κ1) is 19.5. The molecule has 0 spiro atoms. The Hall–Kier alpha value is -2.50. The van der Waals surface area contributed by atoms with Crippen LogP contribution in [0.5, 0.6) is 0 Å². The van der Waals surface area contributed by atoms with Gasteiger partial charge in [0.15, 0.2) is 0 Å². The van der Waals surface area contributed by atoms with Crippen LogP contribution in [-0.4, -0.2) is 32.6 Å². The zero-order valence-electron chi connectivity index (χ0n) is 17.1. The minimum absolute atomic E-state index is 0.155. The van der Waals surface area contributed by atoms with E-state index in [9.17, 15) is 9.50 Å². The average Bonchev–Trinajstić information content (AvgIpc) is 3.20. The van der Waals surface area contributed by atoms with Crippen molar-refractivity contribution in [3.05, 3.63) is 89.8 Å². The number of rotatable bonds is 5. The molecule has 2 aromatic carbocycles. The second kappa shape index (κ2) is 7.97. The van der Waals surface area contributed by atoms with Gasteiger partial charge in [-0.1, -0.05) is 48.9 Å². The van der Waals surface area contributed by atoms with Gasteiger partial charge >= 0.3 is 0 Å². The molecule has 5 heteroatoms. The van der Waals surface area contributed by atoms with Crippen LogP contribution in [0.3, 0.4) is 0 Å². The number of aromatic nitrogens is 2. The second-order valence-corrected chi connectivity index (χ2v) is 8.83. The van der Waals surface area contributed by atoms with Gasteiger partial charge in [0.25, 0.3) is 0 Å². The molecule has 2 aliphatic rings. The normalized spacial score (nSPS) is 26.6. The van der Waals surface area contributed by atoms with Crippen LogP contribution in [0.1, 0.15) is 36.2 Å². The molecule has 3 aromatic rings. The van der Waals surface area contributed by atoms with Crippen LogP contribution in [0.25, 0.3) is 0 Å². The van der Waals surface area contributed by atoms with Gasteiger partial charge in [0.1, 0.15) is 17.2 Å². The molecule has 0 amide bonds. The quantitative estimate of drug-likeness (QED) is 0.692. The third kappa shape index (κ3) is 3.57. The van der Waals surface area contributed by atoms with E-state index in [2.05, 4.69) is 26.6 Å². The Balaban J connectivity index is 1.39. The summed E-state index contributed by atoms with van der Waals surface area (Å²) < 4.78 is 15.4. The van der Waals surface area contributed by atoms with E-state index in [0.29, 0.717) is 0 Å². The molecule has 5 rings (SSSR count). The Morgan fingerprint density at radius 3 is 2.30 bits per heavy atom. The third-order valence-corrected chi connectivity index (χ3v) is 6.90. The van der Waals surface area contributed by atoms with Crippen LogP contribution in [0.15, 0.2) is 67.0 Å². The van der Waals surface area contributed by atoms with Gasteiger partial charge in [0, 0.05) is 50.4 Å². The largest absolute Gasteiger partial charge is 0.381 e. The highest BCUT2D eigenvalue weighted by molar-refractivity contribution is 5.21. The lowest BCUT2D eigenvalue weighted by atomic mass is 9.65. The number of aliphatic hydroxyl groups is 1. The zero-order valence-corrected chi connectivity index (χ0v) is 17.1. The van der Waals surface area contributed by atoms with Crippen molar-refractivity contribution in [3.63, 3.8) is 0 Å². The summed E-state index contributed by atoms with van der Waals surface area (Å²) in [6, 6.07) is 17.1. The van der Waals surface area contributed by atoms with E-state index in [1.165, 1.54) is 17.7 Å². The van der Waals surface area contributed by atoms with Gasteiger partial charge in [-0.15, -0.1) is 0 Å². The maximum atomic E-state index is 13.2. The van der Waals surface area contributed by atoms with E-state index in [1.54, 1.807) is 0 Å². The Bertz CT molecular complexity index is 971. The lowest BCUT2D eigenvalue weighted by molar-refractivity contribution is -0.155. The predicted molar refractivity (Wildman–Crippen MR) is 114 cm³/mol. The molecule has 0 unspecified atom stereocenters. The SMILES string of the molecule is OC1(c2nccn2Cc2ccccc2)[C@@H]2CCC[C@@H]1CN(Cc1ccc(F)cc1)C2. The van der Waals surface area contributed by atoms with E-state index in [-0.39, 0.29) is 17.7 Å². The molecule has 1 saturated heterocycles. The number of likely N-dealkylation sites (tertiary alicyclic amines) is 1. The van der Waals surface area contributed by atoms with Gasteiger partial charge in [0.05, 0.1) is 0 Å². The first-order valence-electron chi connectivity index (χ1n) is 10.9. The summed E-state index contributed by atoms with van der Waals surface area (Å²) in [5.74, 6) is 0.918. The standard InChI is InChI=1S/C25H28FN3O/c26-23-11-9-20(10-12-23)15-28-17-21-7-4-8-22(18-28)25(21,30)24-27-13-14-29(24)16-19-5-2-1-3-6-19/h1-3,5-6,9-14,21-22,30H,4,7-8,15-18H2/t21-,22-/m1/s1. The van der Waals surface area contributed by atoms with Crippen molar-refractivity contribution in [1.29, 1.82) is 0 Å². The highest BCUT2D eigenvalue weighted by atomic mass is 19.1. The minimum Gasteiger partial charge on any atom is -0.381 e. The average molecular weight is 406 g/mol. The Labute approximate surface area is 177 Å². The molecule has 156 valence electrons. The molecule has 1 saturated carbocycles. The fraction of sp³-hybridized carbons (Fsp3) is 0.400. The molecular weight excluding hydrogens is 377 g/mol. The van der Waals surface area contributed by atoms with E-state index in [0.717, 1.165) is 56.8 Å². The van der Waals surface area contributed by atoms with Gasteiger partial charge in [-0.25, -0.2) is 9.37 Å². The maximum Gasteiger partial charge on any atom is 0.141 e. The summed E-state index contributed by atoms with van der Waals surface area (Å²) in [6.45, 7) is 3.18. The van der Waals surface area contributed by atoms with Gasteiger partial charge in [-0.3, -0.25) is 4.90 Å². The molecule has 30 heavy (non-hydrogen) atoms. The zero-order chi connectivity index (χ0) is 20.6. The Kier molecular flexibility index (Phi) is 5.17. The molecule has 4 nitrogen and oxygen atoms in total. The predicted octanol–water partition coefficient (Wildman–Crippen LogP) is 4.19. The minimum atomic E-state index is -0.893. The van der Waals surface area contributed by atoms with Gasteiger partial charge in [-0.05, 0) is 36.1 Å². The molecule has 2 fully saturated rings. The number of halogens is 1. The number of benzene rings is 2. The highest BCUT2D eigenvalue weighted by Gasteiger charge is 2.53. The highest BCUT2D eigenvalue weighted by Crippen LogP contribution is 2.48. The van der Waals surface area contributed by atoms with Crippen molar-refractivity contribution >= 4 is 0 Å². The van der Waals surface area contributed by atoms with E-state index < -0.39 is 5.60 Å². The number of piperidine rings is 1. The van der Waals surface area contributed by atoms with Gasteiger partial charge in [0.2, 0.25) is 0 Å². The van der Waals surface area contributed by atoms with Crippen molar-refractivity contribution in [1.82, 2.24) is 14.5 Å². The van der Waals surface area contributed by atoms with Crippen LogP contribution in [0, 0.1) is 17.7 Å². The van der Waals surface area contributed by atoms with Crippen molar-refractivity contribution in [2.24, 2.45) is 11.8 Å². The van der Waals surface area contributed by atoms with Crippen LogP contribution >= 0.6 is 0 Å². The Morgan fingerprint density at radius 2 is 1.60 bits per heavy atom.